The minimum atomic E-state index is 1.50. The molecule has 0 amide bonds. The van der Waals surface area contributed by atoms with Gasteiger partial charge in [-0.25, -0.2) is 0 Å². The Labute approximate surface area is 36.8 Å². The first kappa shape index (κ1) is 4.76. The van der Waals surface area contributed by atoms with E-state index >= 15 is 0 Å². The van der Waals surface area contributed by atoms with Gasteiger partial charge in [0.25, 0.3) is 0 Å². The SMILES string of the molecule is C=N/C=C\S. The van der Waals surface area contributed by atoms with Crippen LogP contribution in [-0.2, 0) is 0 Å². The van der Waals surface area contributed by atoms with E-state index in [2.05, 4.69) is 24.3 Å². The Bertz CT molecular complexity index is 48.9. The second-order valence-corrected chi connectivity index (χ2v) is 0.779. The number of rotatable bonds is 1. The van der Waals surface area contributed by atoms with Crippen LogP contribution in [0.4, 0.5) is 0 Å². The molecule has 0 fully saturated rings. The first-order chi connectivity index (χ1) is 2.41. The lowest BCUT2D eigenvalue weighted by atomic mass is 11.1. The summed E-state index contributed by atoms with van der Waals surface area (Å²) in [5.41, 5.74) is 0. The predicted octanol–water partition coefficient (Wildman–Crippen LogP) is 1.09. The summed E-state index contributed by atoms with van der Waals surface area (Å²) in [5, 5.41) is 1.52. The molecule has 0 aliphatic carbocycles. The van der Waals surface area contributed by atoms with Gasteiger partial charge in [-0.1, -0.05) is 0 Å². The number of aliphatic imine (C=N–C) groups is 1. The summed E-state index contributed by atoms with van der Waals surface area (Å²) >= 11 is 3.69. The van der Waals surface area contributed by atoms with E-state index < -0.39 is 0 Å². The van der Waals surface area contributed by atoms with Crippen LogP contribution in [0, 0.1) is 0 Å². The van der Waals surface area contributed by atoms with Gasteiger partial charge in [0.2, 0.25) is 0 Å². The molecule has 0 aromatic rings. The summed E-state index contributed by atoms with van der Waals surface area (Å²) in [7, 11) is 0. The Morgan fingerprint density at radius 1 is 1.80 bits per heavy atom. The zero-order valence-electron chi connectivity index (χ0n) is 2.76. The monoisotopic (exact) mass is 87.0 g/mol. The van der Waals surface area contributed by atoms with Gasteiger partial charge in [0.1, 0.15) is 0 Å². The van der Waals surface area contributed by atoms with Crippen molar-refractivity contribution in [3.05, 3.63) is 11.6 Å². The molecule has 0 aliphatic heterocycles. The molecule has 0 saturated heterocycles. The van der Waals surface area contributed by atoms with Crippen LogP contribution in [0.5, 0.6) is 0 Å². The van der Waals surface area contributed by atoms with Gasteiger partial charge in [-0.3, -0.25) is 4.99 Å². The van der Waals surface area contributed by atoms with Crippen molar-refractivity contribution in [2.45, 2.75) is 0 Å². The minimum absolute atomic E-state index is 1.50. The summed E-state index contributed by atoms with van der Waals surface area (Å²) in [6.07, 6.45) is 1.50. The predicted molar refractivity (Wildman–Crippen MR) is 27.7 cm³/mol. The molecule has 0 atom stereocenters. The van der Waals surface area contributed by atoms with Gasteiger partial charge < -0.3 is 0 Å². The van der Waals surface area contributed by atoms with E-state index in [9.17, 15) is 0 Å². The minimum Gasteiger partial charge on any atom is -0.272 e. The molecule has 2 heteroatoms. The Morgan fingerprint density at radius 2 is 2.40 bits per heavy atom. The first-order valence-corrected chi connectivity index (χ1v) is 1.68. The molecular weight excluding hydrogens is 82.1 g/mol. The van der Waals surface area contributed by atoms with Gasteiger partial charge >= 0.3 is 0 Å². The largest absolute Gasteiger partial charge is 0.272 e. The highest BCUT2D eigenvalue weighted by molar-refractivity contribution is 7.83. The molecule has 0 unspecified atom stereocenters. The molecule has 5 heavy (non-hydrogen) atoms. The summed E-state index contributed by atoms with van der Waals surface area (Å²) in [6.45, 7) is 3.16. The fourth-order valence-electron chi connectivity index (χ4n) is 0.0471. The van der Waals surface area contributed by atoms with Gasteiger partial charge in [0, 0.05) is 6.20 Å². The Morgan fingerprint density at radius 3 is 2.40 bits per heavy atom. The van der Waals surface area contributed by atoms with Gasteiger partial charge in [-0.05, 0) is 12.1 Å². The standard InChI is InChI=1S/C3H5NS/c1-4-2-3-5/h2-3,5H,1H2/b3-2-. The lowest BCUT2D eigenvalue weighted by Crippen LogP contribution is -1.33. The van der Waals surface area contributed by atoms with Crippen LogP contribution in [0.25, 0.3) is 0 Å². The van der Waals surface area contributed by atoms with Crippen molar-refractivity contribution in [3.63, 3.8) is 0 Å². The molecule has 0 radical (unpaired) electrons. The molecular formula is C3H5NS. The molecule has 28 valence electrons. The van der Waals surface area contributed by atoms with Crippen LogP contribution in [0.1, 0.15) is 0 Å². The first-order valence-electron chi connectivity index (χ1n) is 1.17. The zero-order chi connectivity index (χ0) is 4.12. The van der Waals surface area contributed by atoms with Crippen molar-refractivity contribution in [2.75, 3.05) is 0 Å². The van der Waals surface area contributed by atoms with Crippen molar-refractivity contribution in [1.82, 2.24) is 0 Å². The third-order valence-electron chi connectivity index (χ3n) is 0.172. The number of hydrogen-bond donors (Lipinski definition) is 1. The normalized spacial score (nSPS) is 9.00. The topological polar surface area (TPSA) is 12.4 Å². The molecule has 0 aromatic carbocycles. The number of hydrogen-bond acceptors (Lipinski definition) is 2. The molecule has 1 nitrogen and oxygen atoms in total. The fourth-order valence-corrected chi connectivity index (χ4v) is 0.141. The number of thiol groups is 1. The van der Waals surface area contributed by atoms with Crippen LogP contribution in [0.15, 0.2) is 16.6 Å². The molecule has 0 N–H and O–H groups in total. The average molecular weight is 87.1 g/mol. The van der Waals surface area contributed by atoms with E-state index in [1.165, 1.54) is 11.6 Å². The summed E-state index contributed by atoms with van der Waals surface area (Å²) in [5.74, 6) is 0. The Kier molecular flexibility index (Phi) is 3.58. The average Bonchev–Trinajstić information content (AvgIpc) is 1.41. The molecule has 0 rings (SSSR count). The Balaban J connectivity index is 2.92. The van der Waals surface area contributed by atoms with E-state index in [-0.39, 0.29) is 0 Å². The van der Waals surface area contributed by atoms with E-state index in [4.69, 9.17) is 0 Å². The smallest absolute Gasteiger partial charge is 0.0321 e. The summed E-state index contributed by atoms with van der Waals surface area (Å²) in [4.78, 5) is 3.35. The maximum absolute atomic E-state index is 3.69. The van der Waals surface area contributed by atoms with Crippen molar-refractivity contribution >= 4 is 19.3 Å². The third kappa shape index (κ3) is 3.76. The maximum Gasteiger partial charge on any atom is 0.0321 e. The Hall–Kier alpha value is -0.240. The molecule has 0 heterocycles. The highest BCUT2D eigenvalue weighted by Crippen LogP contribution is 1.72. The molecule has 0 saturated carbocycles. The van der Waals surface area contributed by atoms with E-state index in [1.807, 2.05) is 0 Å². The van der Waals surface area contributed by atoms with E-state index in [1.54, 1.807) is 0 Å². The highest BCUT2D eigenvalue weighted by Gasteiger charge is 1.42. The second kappa shape index (κ2) is 3.76. The van der Waals surface area contributed by atoms with Gasteiger partial charge in [0.15, 0.2) is 0 Å². The fraction of sp³-hybridized carbons (Fsp3) is 0. The second-order valence-electron chi connectivity index (χ2n) is 0.481. The lowest BCUT2D eigenvalue weighted by molar-refractivity contribution is 1.64. The summed E-state index contributed by atoms with van der Waals surface area (Å²) < 4.78 is 0. The van der Waals surface area contributed by atoms with Gasteiger partial charge in [-0.15, -0.1) is 12.6 Å². The van der Waals surface area contributed by atoms with Crippen LogP contribution in [0.3, 0.4) is 0 Å². The highest BCUT2D eigenvalue weighted by atomic mass is 32.1. The molecule has 0 bridgehead atoms. The lowest BCUT2D eigenvalue weighted by Gasteiger charge is -1.57. The zero-order valence-corrected chi connectivity index (χ0v) is 3.65. The van der Waals surface area contributed by atoms with Gasteiger partial charge in [-0.2, -0.15) is 0 Å². The van der Waals surface area contributed by atoms with Crippen molar-refractivity contribution in [3.8, 4) is 0 Å². The van der Waals surface area contributed by atoms with E-state index in [0.29, 0.717) is 0 Å². The van der Waals surface area contributed by atoms with E-state index in [0.717, 1.165) is 0 Å². The van der Waals surface area contributed by atoms with Crippen LogP contribution >= 0.6 is 12.6 Å². The third-order valence-corrected chi connectivity index (χ3v) is 0.305. The van der Waals surface area contributed by atoms with Crippen LogP contribution in [-0.4, -0.2) is 6.72 Å². The van der Waals surface area contributed by atoms with Crippen molar-refractivity contribution in [2.24, 2.45) is 4.99 Å². The van der Waals surface area contributed by atoms with Crippen molar-refractivity contribution in [1.29, 1.82) is 0 Å². The van der Waals surface area contributed by atoms with Gasteiger partial charge in [0.05, 0.1) is 0 Å². The number of nitrogens with zero attached hydrogens (tertiary/aromatic N) is 1. The van der Waals surface area contributed by atoms with Crippen LogP contribution < -0.4 is 0 Å². The van der Waals surface area contributed by atoms with Crippen LogP contribution in [0.2, 0.25) is 0 Å². The molecule has 0 aromatic heterocycles. The maximum atomic E-state index is 3.69. The van der Waals surface area contributed by atoms with Crippen molar-refractivity contribution < 1.29 is 0 Å². The molecule has 0 spiro atoms. The summed E-state index contributed by atoms with van der Waals surface area (Å²) in [6, 6.07) is 0. The quantitative estimate of drug-likeness (QED) is 0.363. The molecule has 0 aliphatic rings.